The first-order valence-corrected chi connectivity index (χ1v) is 16.0. The number of aromatic nitrogens is 2. The predicted molar refractivity (Wildman–Crippen MR) is 196 cm³/mol. The van der Waals surface area contributed by atoms with Crippen molar-refractivity contribution in [1.29, 1.82) is 0 Å². The van der Waals surface area contributed by atoms with Crippen LogP contribution in [0.3, 0.4) is 0 Å². The highest BCUT2D eigenvalue weighted by atomic mass is 16.3. The molecule has 0 aliphatic heterocycles. The number of benzene rings is 7. The molecule has 0 unspecified atom stereocenters. The summed E-state index contributed by atoms with van der Waals surface area (Å²) in [5.74, 6) is 0. The van der Waals surface area contributed by atoms with Crippen LogP contribution in [0.2, 0.25) is 0 Å². The average molecular weight is 601 g/mol. The Morgan fingerprint density at radius 2 is 1.02 bits per heavy atom. The molecule has 0 saturated carbocycles. The molecule has 0 amide bonds. The topological polar surface area (TPSA) is 23.0 Å². The SMILES string of the molecule is c1ccc(-c2cccc3c2oc2c(-c4ccc(-n5c6ccccc6c6c7c(ccc65)ccn7-c5ccccc5)cc4)cccc23)cc1. The average Bonchev–Trinajstić information content (AvgIpc) is 3.84. The summed E-state index contributed by atoms with van der Waals surface area (Å²) in [6, 6.07) is 58.3. The van der Waals surface area contributed by atoms with E-state index in [2.05, 4.69) is 173 Å². The molecule has 10 aromatic rings. The summed E-state index contributed by atoms with van der Waals surface area (Å²) in [5, 5.41) is 6.00. The molecule has 0 fully saturated rings. The number of hydrogen-bond donors (Lipinski definition) is 0. The van der Waals surface area contributed by atoms with Crippen LogP contribution in [0.25, 0.3) is 88.3 Å². The molecule has 220 valence electrons. The summed E-state index contributed by atoms with van der Waals surface area (Å²) in [4.78, 5) is 0. The smallest absolute Gasteiger partial charge is 0.143 e. The normalized spacial score (nSPS) is 11.8. The van der Waals surface area contributed by atoms with Crippen molar-refractivity contribution in [3.63, 3.8) is 0 Å². The maximum absolute atomic E-state index is 6.71. The van der Waals surface area contributed by atoms with Crippen molar-refractivity contribution in [3.05, 3.63) is 170 Å². The van der Waals surface area contributed by atoms with Gasteiger partial charge in [0.25, 0.3) is 0 Å². The van der Waals surface area contributed by atoms with Crippen LogP contribution in [0.1, 0.15) is 0 Å². The Morgan fingerprint density at radius 1 is 0.404 bits per heavy atom. The monoisotopic (exact) mass is 600 g/mol. The van der Waals surface area contributed by atoms with Crippen molar-refractivity contribution in [1.82, 2.24) is 9.13 Å². The third-order valence-corrected chi connectivity index (χ3v) is 9.57. The minimum absolute atomic E-state index is 0.916. The Bertz CT molecular complexity index is 2760. The number of nitrogens with zero attached hydrogens (tertiary/aromatic N) is 2. The van der Waals surface area contributed by atoms with Gasteiger partial charge in [-0.2, -0.15) is 0 Å². The van der Waals surface area contributed by atoms with E-state index in [0.717, 1.165) is 55.6 Å². The van der Waals surface area contributed by atoms with E-state index in [1.165, 1.54) is 32.7 Å². The first-order chi connectivity index (χ1) is 23.3. The number of rotatable bonds is 4. The Kier molecular flexibility index (Phi) is 5.57. The second-order valence-electron chi connectivity index (χ2n) is 12.2. The number of hydrogen-bond acceptors (Lipinski definition) is 1. The lowest BCUT2D eigenvalue weighted by Gasteiger charge is -2.10. The van der Waals surface area contributed by atoms with Crippen LogP contribution in [-0.4, -0.2) is 9.13 Å². The van der Waals surface area contributed by atoms with Crippen molar-refractivity contribution < 1.29 is 4.42 Å². The van der Waals surface area contributed by atoms with E-state index in [-0.39, 0.29) is 0 Å². The van der Waals surface area contributed by atoms with E-state index < -0.39 is 0 Å². The standard InChI is InChI=1S/C44H28N2O/c1-3-11-29(12-4-1)34-16-9-18-36-37-19-10-17-35(44(37)47-43(34)36)30-21-24-33(25-22-30)46-39-20-8-7-15-38(39)41-40(46)26-23-31-27-28-45(42(31)41)32-13-5-2-6-14-32/h1-28H. The lowest BCUT2D eigenvalue weighted by atomic mass is 10.00. The third-order valence-electron chi connectivity index (χ3n) is 9.57. The van der Waals surface area contributed by atoms with Crippen molar-refractivity contribution in [3.8, 4) is 33.6 Å². The molecule has 0 saturated heterocycles. The molecule has 0 atom stereocenters. The summed E-state index contributed by atoms with van der Waals surface area (Å²) < 4.78 is 11.4. The molecule has 0 radical (unpaired) electrons. The van der Waals surface area contributed by atoms with Crippen molar-refractivity contribution in [2.75, 3.05) is 0 Å². The quantitative estimate of drug-likeness (QED) is 0.197. The second-order valence-corrected chi connectivity index (χ2v) is 12.2. The molecule has 3 aromatic heterocycles. The summed E-state index contributed by atoms with van der Waals surface area (Å²) in [7, 11) is 0. The lowest BCUT2D eigenvalue weighted by Crippen LogP contribution is -1.94. The van der Waals surface area contributed by atoms with Gasteiger partial charge in [0, 0.05) is 55.6 Å². The molecule has 0 aliphatic carbocycles. The molecular weight excluding hydrogens is 572 g/mol. The van der Waals surface area contributed by atoms with E-state index in [0.29, 0.717) is 0 Å². The van der Waals surface area contributed by atoms with E-state index in [1.807, 2.05) is 6.07 Å². The van der Waals surface area contributed by atoms with Gasteiger partial charge < -0.3 is 13.6 Å². The van der Waals surface area contributed by atoms with Gasteiger partial charge in [0.2, 0.25) is 0 Å². The van der Waals surface area contributed by atoms with Gasteiger partial charge in [-0.05, 0) is 53.6 Å². The van der Waals surface area contributed by atoms with Crippen LogP contribution in [-0.2, 0) is 0 Å². The second kappa shape index (κ2) is 10.1. The van der Waals surface area contributed by atoms with Gasteiger partial charge in [-0.3, -0.25) is 0 Å². The summed E-state index contributed by atoms with van der Waals surface area (Å²) in [5.41, 5.74) is 12.2. The molecule has 10 rings (SSSR count). The first-order valence-electron chi connectivity index (χ1n) is 16.0. The maximum atomic E-state index is 6.71. The minimum Gasteiger partial charge on any atom is -0.455 e. The lowest BCUT2D eigenvalue weighted by molar-refractivity contribution is 0.671. The van der Waals surface area contributed by atoms with Crippen LogP contribution in [0.5, 0.6) is 0 Å². The van der Waals surface area contributed by atoms with E-state index >= 15 is 0 Å². The number of para-hydroxylation sites is 4. The zero-order chi connectivity index (χ0) is 30.9. The molecule has 0 aliphatic rings. The number of furan rings is 1. The van der Waals surface area contributed by atoms with E-state index in [4.69, 9.17) is 4.42 Å². The van der Waals surface area contributed by atoms with Crippen LogP contribution in [0, 0.1) is 0 Å². The van der Waals surface area contributed by atoms with Gasteiger partial charge in [0.05, 0.1) is 16.6 Å². The summed E-state index contributed by atoms with van der Waals surface area (Å²) in [6.07, 6.45) is 2.18. The Labute approximate surface area is 271 Å². The van der Waals surface area contributed by atoms with Gasteiger partial charge >= 0.3 is 0 Å². The Morgan fingerprint density at radius 3 is 1.74 bits per heavy atom. The Hall–Kier alpha value is -6.32. The largest absolute Gasteiger partial charge is 0.455 e. The van der Waals surface area contributed by atoms with E-state index in [1.54, 1.807) is 0 Å². The molecule has 7 aromatic carbocycles. The van der Waals surface area contributed by atoms with E-state index in [9.17, 15) is 0 Å². The first kappa shape index (κ1) is 26.0. The van der Waals surface area contributed by atoms with Gasteiger partial charge in [-0.15, -0.1) is 0 Å². The fourth-order valence-electron chi connectivity index (χ4n) is 7.45. The molecule has 0 bridgehead atoms. The third kappa shape index (κ3) is 3.87. The Balaban J connectivity index is 1.14. The minimum atomic E-state index is 0.916. The van der Waals surface area contributed by atoms with Gasteiger partial charge in [-0.25, -0.2) is 0 Å². The highest BCUT2D eigenvalue weighted by molar-refractivity contribution is 6.21. The summed E-state index contributed by atoms with van der Waals surface area (Å²) >= 11 is 0. The maximum Gasteiger partial charge on any atom is 0.143 e. The fraction of sp³-hybridized carbons (Fsp3) is 0. The van der Waals surface area contributed by atoms with Crippen molar-refractivity contribution >= 4 is 54.6 Å². The van der Waals surface area contributed by atoms with Crippen LogP contribution < -0.4 is 0 Å². The van der Waals surface area contributed by atoms with Gasteiger partial charge in [0.1, 0.15) is 11.2 Å². The van der Waals surface area contributed by atoms with Crippen molar-refractivity contribution in [2.24, 2.45) is 0 Å². The van der Waals surface area contributed by atoms with Crippen LogP contribution in [0.15, 0.2) is 174 Å². The molecule has 3 nitrogen and oxygen atoms in total. The highest BCUT2D eigenvalue weighted by Gasteiger charge is 2.19. The van der Waals surface area contributed by atoms with Gasteiger partial charge in [0.15, 0.2) is 0 Å². The van der Waals surface area contributed by atoms with Gasteiger partial charge in [-0.1, -0.05) is 121 Å². The van der Waals surface area contributed by atoms with Crippen molar-refractivity contribution in [2.45, 2.75) is 0 Å². The van der Waals surface area contributed by atoms with Crippen LogP contribution in [0.4, 0.5) is 0 Å². The zero-order valence-corrected chi connectivity index (χ0v) is 25.5. The molecule has 47 heavy (non-hydrogen) atoms. The molecule has 3 heteroatoms. The molecule has 0 N–H and O–H groups in total. The molecular formula is C44H28N2O. The molecule has 3 heterocycles. The zero-order valence-electron chi connectivity index (χ0n) is 25.5. The van der Waals surface area contributed by atoms with Crippen LogP contribution >= 0.6 is 0 Å². The number of fused-ring (bicyclic) bond motifs is 8. The summed E-state index contributed by atoms with van der Waals surface area (Å²) in [6.45, 7) is 0. The predicted octanol–water partition coefficient (Wildman–Crippen LogP) is 12.0. The highest BCUT2D eigenvalue weighted by Crippen LogP contribution is 2.41. The molecule has 0 spiro atoms. The fourth-order valence-corrected chi connectivity index (χ4v) is 7.45.